The summed E-state index contributed by atoms with van der Waals surface area (Å²) in [6.45, 7) is 0.538. The van der Waals surface area contributed by atoms with Crippen LogP contribution in [0.3, 0.4) is 0 Å². The number of aromatic nitrogens is 2. The van der Waals surface area contributed by atoms with Crippen LogP contribution in [-0.4, -0.2) is 27.1 Å². The number of aliphatic hydroxyl groups excluding tert-OH is 1. The fraction of sp³-hybridized carbons (Fsp3) is 0.120. The van der Waals surface area contributed by atoms with Crippen LogP contribution in [0.4, 0.5) is 5.69 Å². The lowest BCUT2D eigenvalue weighted by molar-refractivity contribution is 0.0954. The largest absolute Gasteiger partial charge is 0.369 e. The number of amides is 1. The molecule has 0 radical (unpaired) electrons. The van der Waals surface area contributed by atoms with Crippen LogP contribution in [0, 0.1) is 0 Å². The number of aliphatic hydroxyl groups is 1. The molecule has 1 aromatic heterocycles. The summed E-state index contributed by atoms with van der Waals surface area (Å²) in [5.41, 5.74) is 4.34. The molecule has 1 aliphatic rings. The van der Waals surface area contributed by atoms with E-state index >= 15 is 0 Å². The van der Waals surface area contributed by atoms with E-state index in [9.17, 15) is 9.90 Å². The van der Waals surface area contributed by atoms with Crippen molar-refractivity contribution in [3.63, 3.8) is 0 Å². The molecule has 0 fully saturated rings. The Balaban J connectivity index is 1.22. The van der Waals surface area contributed by atoms with E-state index in [-0.39, 0.29) is 5.91 Å². The summed E-state index contributed by atoms with van der Waals surface area (Å²) >= 11 is 1.58. The van der Waals surface area contributed by atoms with Gasteiger partial charge in [0.25, 0.3) is 5.91 Å². The molecule has 160 valence electrons. The summed E-state index contributed by atoms with van der Waals surface area (Å²) < 4.78 is 1.95. The van der Waals surface area contributed by atoms with E-state index in [4.69, 9.17) is 0 Å². The molecule has 1 atom stereocenters. The minimum absolute atomic E-state index is 0.133. The summed E-state index contributed by atoms with van der Waals surface area (Å²) in [7, 11) is 0. The van der Waals surface area contributed by atoms with E-state index in [0.717, 1.165) is 38.7 Å². The second kappa shape index (κ2) is 8.90. The number of nitrogens with one attached hydrogen (secondary N) is 2. The maximum Gasteiger partial charge on any atom is 0.251 e. The molecule has 1 unspecified atom stereocenters. The van der Waals surface area contributed by atoms with Crippen LogP contribution in [0.15, 0.2) is 95.2 Å². The number of carbonyl (C=O) groups is 1. The van der Waals surface area contributed by atoms with E-state index in [1.165, 1.54) is 0 Å². The molecule has 2 heterocycles. The first-order valence-corrected chi connectivity index (χ1v) is 11.2. The van der Waals surface area contributed by atoms with Crippen molar-refractivity contribution in [2.45, 2.75) is 22.4 Å². The molecule has 5 rings (SSSR count). The minimum Gasteiger partial charge on any atom is -0.369 e. The van der Waals surface area contributed by atoms with Crippen molar-refractivity contribution in [2.75, 3.05) is 11.9 Å². The van der Waals surface area contributed by atoms with Gasteiger partial charge in [-0.3, -0.25) is 4.79 Å². The summed E-state index contributed by atoms with van der Waals surface area (Å²) in [5.74, 6) is -0.133. The minimum atomic E-state index is -0.816. The Labute approximate surface area is 190 Å². The summed E-state index contributed by atoms with van der Waals surface area (Å²) in [5, 5.41) is 16.6. The van der Waals surface area contributed by atoms with Crippen LogP contribution in [0.25, 0.3) is 5.69 Å². The van der Waals surface area contributed by atoms with Gasteiger partial charge in [-0.25, -0.2) is 4.98 Å². The van der Waals surface area contributed by atoms with Crippen LogP contribution >= 0.6 is 11.8 Å². The van der Waals surface area contributed by atoms with Gasteiger partial charge in [-0.05, 0) is 48.4 Å². The molecule has 32 heavy (non-hydrogen) atoms. The van der Waals surface area contributed by atoms with Crippen LogP contribution < -0.4 is 10.6 Å². The Kier molecular flexibility index (Phi) is 5.66. The summed E-state index contributed by atoms with van der Waals surface area (Å²) in [4.78, 5) is 18.7. The second-order valence-corrected chi connectivity index (χ2v) is 8.62. The van der Waals surface area contributed by atoms with E-state index in [1.54, 1.807) is 30.4 Å². The first-order valence-electron chi connectivity index (χ1n) is 10.4. The van der Waals surface area contributed by atoms with Crippen LogP contribution in [-0.2, 0) is 6.42 Å². The van der Waals surface area contributed by atoms with Gasteiger partial charge in [-0.2, -0.15) is 0 Å². The maximum atomic E-state index is 12.7. The predicted octanol–water partition coefficient (Wildman–Crippen LogP) is 4.41. The predicted molar refractivity (Wildman–Crippen MR) is 125 cm³/mol. The van der Waals surface area contributed by atoms with Gasteiger partial charge in [0.2, 0.25) is 0 Å². The zero-order chi connectivity index (χ0) is 21.9. The molecule has 0 saturated carbocycles. The van der Waals surface area contributed by atoms with Gasteiger partial charge in [0.1, 0.15) is 0 Å². The Bertz CT molecular complexity index is 1240. The van der Waals surface area contributed by atoms with Crippen molar-refractivity contribution in [3.8, 4) is 5.69 Å². The van der Waals surface area contributed by atoms with Gasteiger partial charge in [0.15, 0.2) is 6.23 Å². The van der Waals surface area contributed by atoms with E-state index in [0.29, 0.717) is 12.1 Å². The van der Waals surface area contributed by atoms with Gasteiger partial charge in [-0.1, -0.05) is 42.1 Å². The highest BCUT2D eigenvalue weighted by molar-refractivity contribution is 7.99. The molecule has 0 aliphatic carbocycles. The smallest absolute Gasteiger partial charge is 0.251 e. The van der Waals surface area contributed by atoms with Gasteiger partial charge in [0, 0.05) is 45.5 Å². The lowest BCUT2D eigenvalue weighted by Gasteiger charge is -2.14. The molecule has 0 saturated heterocycles. The monoisotopic (exact) mass is 442 g/mol. The SMILES string of the molecule is O=C(NCCc1ccc(-n2ccnc2)cc1)c1ccc2c(c1)NC(O)c1ccccc1S2. The molecule has 0 spiro atoms. The first-order chi connectivity index (χ1) is 15.7. The average Bonchev–Trinajstić information content (AvgIpc) is 3.31. The van der Waals surface area contributed by atoms with E-state index in [2.05, 4.69) is 27.8 Å². The molecular weight excluding hydrogens is 420 g/mol. The van der Waals surface area contributed by atoms with Crippen molar-refractivity contribution in [1.29, 1.82) is 0 Å². The lowest BCUT2D eigenvalue weighted by Crippen LogP contribution is -2.25. The standard InChI is InChI=1S/C25H22N4O2S/c30-24(27-12-11-17-5-8-19(9-6-17)29-14-13-26-16-29)18-7-10-23-21(15-18)28-25(31)20-3-1-2-4-22(20)32-23/h1-10,13-16,25,28,31H,11-12H2,(H,27,30). The first kappa shape index (κ1) is 20.4. The topological polar surface area (TPSA) is 79.2 Å². The lowest BCUT2D eigenvalue weighted by atomic mass is 10.1. The molecule has 4 aromatic rings. The van der Waals surface area contributed by atoms with Gasteiger partial charge in [-0.15, -0.1) is 0 Å². The fourth-order valence-corrected chi connectivity index (χ4v) is 4.73. The maximum absolute atomic E-state index is 12.7. The number of imidazole rings is 1. The van der Waals surface area contributed by atoms with Crippen molar-refractivity contribution >= 4 is 23.4 Å². The summed E-state index contributed by atoms with van der Waals surface area (Å²) in [6.07, 6.45) is 5.34. The van der Waals surface area contributed by atoms with Crippen LogP contribution in [0.2, 0.25) is 0 Å². The number of rotatable bonds is 5. The molecular formula is C25H22N4O2S. The second-order valence-electron chi connectivity index (χ2n) is 7.54. The third-order valence-corrected chi connectivity index (χ3v) is 6.57. The third-order valence-electron chi connectivity index (χ3n) is 5.41. The molecule has 1 aliphatic heterocycles. The van der Waals surface area contributed by atoms with E-state index in [1.807, 2.05) is 59.3 Å². The third kappa shape index (κ3) is 4.26. The van der Waals surface area contributed by atoms with Gasteiger partial charge in [0.05, 0.1) is 12.0 Å². The molecule has 6 nitrogen and oxygen atoms in total. The van der Waals surface area contributed by atoms with Crippen molar-refractivity contribution in [1.82, 2.24) is 14.9 Å². The highest BCUT2D eigenvalue weighted by Crippen LogP contribution is 2.41. The van der Waals surface area contributed by atoms with Gasteiger partial charge < -0.3 is 20.3 Å². The van der Waals surface area contributed by atoms with Crippen molar-refractivity contribution < 1.29 is 9.90 Å². The molecule has 0 bridgehead atoms. The Morgan fingerprint density at radius 3 is 2.75 bits per heavy atom. The van der Waals surface area contributed by atoms with Crippen molar-refractivity contribution in [3.05, 3.63) is 102 Å². The van der Waals surface area contributed by atoms with Crippen LogP contribution in [0.5, 0.6) is 0 Å². The number of hydrogen-bond donors (Lipinski definition) is 3. The fourth-order valence-electron chi connectivity index (χ4n) is 3.68. The molecule has 3 aromatic carbocycles. The average molecular weight is 443 g/mol. The molecule has 1 amide bonds. The normalized spacial score (nSPS) is 14.6. The Morgan fingerprint density at radius 2 is 1.94 bits per heavy atom. The zero-order valence-corrected chi connectivity index (χ0v) is 18.0. The van der Waals surface area contributed by atoms with Crippen LogP contribution in [0.1, 0.15) is 27.7 Å². The summed E-state index contributed by atoms with van der Waals surface area (Å²) in [6, 6.07) is 21.5. The number of fused-ring (bicyclic) bond motifs is 2. The molecule has 3 N–H and O–H groups in total. The Morgan fingerprint density at radius 1 is 1.09 bits per heavy atom. The highest BCUT2D eigenvalue weighted by atomic mass is 32.2. The number of anilines is 1. The number of hydrogen-bond acceptors (Lipinski definition) is 5. The number of carbonyl (C=O) groups excluding carboxylic acids is 1. The zero-order valence-electron chi connectivity index (χ0n) is 17.2. The number of benzene rings is 3. The van der Waals surface area contributed by atoms with Crippen molar-refractivity contribution in [2.24, 2.45) is 0 Å². The number of nitrogens with zero attached hydrogens (tertiary/aromatic N) is 2. The molecule has 7 heteroatoms. The Hall–Kier alpha value is -3.55. The van der Waals surface area contributed by atoms with Gasteiger partial charge >= 0.3 is 0 Å². The van der Waals surface area contributed by atoms with E-state index < -0.39 is 6.23 Å². The highest BCUT2D eigenvalue weighted by Gasteiger charge is 2.20. The quantitative estimate of drug-likeness (QED) is 0.427.